The number of hydrogen-bond donors (Lipinski definition) is 0. The third-order valence-corrected chi connectivity index (χ3v) is 3.36. The maximum absolute atomic E-state index is 11.7. The summed E-state index contributed by atoms with van der Waals surface area (Å²) in [4.78, 5) is 20.6. The van der Waals surface area contributed by atoms with Crippen LogP contribution in [0.3, 0.4) is 0 Å². The van der Waals surface area contributed by atoms with Crippen molar-refractivity contribution in [1.29, 1.82) is 0 Å². The summed E-state index contributed by atoms with van der Waals surface area (Å²) in [5.74, 6) is -0.428. The molecule has 3 aromatic heterocycles. The topological polar surface area (TPSA) is 60.9 Å². The van der Waals surface area contributed by atoms with Gasteiger partial charge in [0.15, 0.2) is 15.7 Å². The van der Waals surface area contributed by atoms with Gasteiger partial charge in [-0.3, -0.25) is 4.57 Å². The summed E-state index contributed by atoms with van der Waals surface area (Å²) >= 11 is 7.07. The van der Waals surface area contributed by atoms with Gasteiger partial charge in [0.2, 0.25) is 0 Å². The molecule has 0 N–H and O–H groups in total. The lowest BCUT2D eigenvalue weighted by Crippen LogP contribution is -2.14. The molecule has 0 spiro atoms. The second-order valence-corrected chi connectivity index (χ2v) is 5.06. The van der Waals surface area contributed by atoms with Crippen LogP contribution in [-0.4, -0.2) is 14.5 Å². The zero-order valence-electron chi connectivity index (χ0n) is 8.46. The Morgan fingerprint density at radius 2 is 2.35 bits per heavy atom. The standard InChI is InChI=1S/C10H6ClN3O2S/c11-9-13-4-6(17-9)5-14-8-7(16-10(14)15)2-1-3-12-8/h1-4H,5H2. The molecule has 0 bridgehead atoms. The fraction of sp³-hybridized carbons (Fsp3) is 0.100. The predicted octanol–water partition coefficient (Wildman–Crippen LogP) is 2.15. The van der Waals surface area contributed by atoms with E-state index in [1.807, 2.05) is 0 Å². The van der Waals surface area contributed by atoms with Gasteiger partial charge in [0.25, 0.3) is 0 Å². The SMILES string of the molecule is O=c1oc2cccnc2n1Cc1cnc(Cl)s1. The number of rotatable bonds is 2. The molecule has 0 amide bonds. The van der Waals surface area contributed by atoms with E-state index in [2.05, 4.69) is 9.97 Å². The van der Waals surface area contributed by atoms with Gasteiger partial charge in [-0.25, -0.2) is 14.8 Å². The molecule has 3 rings (SSSR count). The van der Waals surface area contributed by atoms with Crippen LogP contribution in [0, 0.1) is 0 Å². The fourth-order valence-electron chi connectivity index (χ4n) is 1.55. The van der Waals surface area contributed by atoms with E-state index in [1.165, 1.54) is 15.9 Å². The minimum Gasteiger partial charge on any atom is -0.406 e. The third kappa shape index (κ3) is 1.85. The summed E-state index contributed by atoms with van der Waals surface area (Å²) < 4.78 is 6.98. The number of fused-ring (bicyclic) bond motifs is 1. The number of pyridine rings is 1. The van der Waals surface area contributed by atoms with E-state index in [4.69, 9.17) is 16.0 Å². The van der Waals surface area contributed by atoms with Gasteiger partial charge >= 0.3 is 5.76 Å². The molecule has 7 heteroatoms. The Hall–Kier alpha value is -1.66. The summed E-state index contributed by atoms with van der Waals surface area (Å²) in [6.45, 7) is 0.368. The summed E-state index contributed by atoms with van der Waals surface area (Å²) in [5, 5.41) is 0. The monoisotopic (exact) mass is 267 g/mol. The van der Waals surface area contributed by atoms with Crippen LogP contribution in [0.5, 0.6) is 0 Å². The normalized spacial score (nSPS) is 11.1. The Kier molecular flexibility index (Phi) is 2.45. The highest BCUT2D eigenvalue weighted by molar-refractivity contribution is 7.15. The average molecular weight is 268 g/mol. The van der Waals surface area contributed by atoms with Crippen molar-refractivity contribution in [2.45, 2.75) is 6.54 Å². The van der Waals surface area contributed by atoms with Crippen LogP contribution in [0.1, 0.15) is 4.88 Å². The van der Waals surface area contributed by atoms with Crippen LogP contribution in [0.2, 0.25) is 4.47 Å². The number of thiazole rings is 1. The maximum atomic E-state index is 11.7. The summed E-state index contributed by atoms with van der Waals surface area (Å²) in [6.07, 6.45) is 3.26. The van der Waals surface area contributed by atoms with Crippen molar-refractivity contribution in [3.05, 3.63) is 44.4 Å². The molecule has 0 atom stereocenters. The minimum atomic E-state index is -0.428. The Labute approximate surface area is 104 Å². The summed E-state index contributed by atoms with van der Waals surface area (Å²) in [5.41, 5.74) is 1.01. The van der Waals surface area contributed by atoms with Gasteiger partial charge in [-0.1, -0.05) is 11.6 Å². The molecule has 0 radical (unpaired) electrons. The molecular weight excluding hydrogens is 262 g/mol. The molecule has 3 heterocycles. The molecule has 0 saturated carbocycles. The van der Waals surface area contributed by atoms with Gasteiger partial charge in [0, 0.05) is 17.3 Å². The van der Waals surface area contributed by atoms with Gasteiger partial charge in [0.1, 0.15) is 0 Å². The second kappa shape index (κ2) is 3.97. The largest absolute Gasteiger partial charge is 0.421 e. The van der Waals surface area contributed by atoms with Crippen LogP contribution in [-0.2, 0) is 6.54 Å². The Bertz CT molecular complexity index is 730. The number of nitrogens with zero attached hydrogens (tertiary/aromatic N) is 3. The Morgan fingerprint density at radius 1 is 1.47 bits per heavy atom. The molecule has 17 heavy (non-hydrogen) atoms. The molecule has 0 unspecified atom stereocenters. The molecule has 0 aromatic carbocycles. The van der Waals surface area contributed by atoms with Crippen LogP contribution >= 0.6 is 22.9 Å². The van der Waals surface area contributed by atoms with Gasteiger partial charge in [-0.2, -0.15) is 0 Å². The smallest absolute Gasteiger partial charge is 0.406 e. The van der Waals surface area contributed by atoms with Crippen molar-refractivity contribution in [3.63, 3.8) is 0 Å². The second-order valence-electron chi connectivity index (χ2n) is 3.36. The van der Waals surface area contributed by atoms with Crippen LogP contribution in [0.4, 0.5) is 0 Å². The van der Waals surface area contributed by atoms with E-state index in [1.54, 1.807) is 24.5 Å². The third-order valence-electron chi connectivity index (χ3n) is 2.26. The van der Waals surface area contributed by atoms with E-state index in [-0.39, 0.29) is 0 Å². The molecular formula is C10H6ClN3O2S. The van der Waals surface area contributed by atoms with E-state index in [9.17, 15) is 4.79 Å². The maximum Gasteiger partial charge on any atom is 0.421 e. The van der Waals surface area contributed by atoms with E-state index in [0.29, 0.717) is 22.2 Å². The van der Waals surface area contributed by atoms with Gasteiger partial charge in [0.05, 0.1) is 6.54 Å². The van der Waals surface area contributed by atoms with Crippen molar-refractivity contribution in [3.8, 4) is 0 Å². The number of aromatic nitrogens is 3. The zero-order chi connectivity index (χ0) is 11.8. The lowest BCUT2D eigenvalue weighted by molar-refractivity contribution is 0.518. The first kappa shape index (κ1) is 10.5. The lowest BCUT2D eigenvalue weighted by atomic mass is 10.4. The van der Waals surface area contributed by atoms with Gasteiger partial charge in [-0.05, 0) is 12.1 Å². The summed E-state index contributed by atoms with van der Waals surface area (Å²) in [7, 11) is 0. The molecule has 86 valence electrons. The predicted molar refractivity (Wildman–Crippen MR) is 64.5 cm³/mol. The Morgan fingerprint density at radius 3 is 3.12 bits per heavy atom. The number of oxazole rings is 1. The van der Waals surface area contributed by atoms with Crippen LogP contribution in [0.15, 0.2) is 33.7 Å². The first-order valence-electron chi connectivity index (χ1n) is 4.78. The van der Waals surface area contributed by atoms with E-state index < -0.39 is 5.76 Å². The highest BCUT2D eigenvalue weighted by atomic mass is 35.5. The van der Waals surface area contributed by atoms with Gasteiger partial charge < -0.3 is 4.42 Å². The van der Waals surface area contributed by atoms with Crippen molar-refractivity contribution >= 4 is 34.2 Å². The number of hydrogen-bond acceptors (Lipinski definition) is 5. The van der Waals surface area contributed by atoms with Crippen molar-refractivity contribution in [2.24, 2.45) is 0 Å². The van der Waals surface area contributed by atoms with Crippen molar-refractivity contribution in [1.82, 2.24) is 14.5 Å². The lowest BCUT2D eigenvalue weighted by Gasteiger charge is -1.96. The molecule has 0 saturated heterocycles. The van der Waals surface area contributed by atoms with Crippen molar-refractivity contribution in [2.75, 3.05) is 0 Å². The highest BCUT2D eigenvalue weighted by Gasteiger charge is 2.11. The number of halogens is 1. The summed E-state index contributed by atoms with van der Waals surface area (Å²) in [6, 6.07) is 3.43. The van der Waals surface area contributed by atoms with Crippen LogP contribution < -0.4 is 5.76 Å². The van der Waals surface area contributed by atoms with Crippen molar-refractivity contribution < 1.29 is 4.42 Å². The minimum absolute atomic E-state index is 0.368. The first-order valence-corrected chi connectivity index (χ1v) is 5.98. The van der Waals surface area contributed by atoms with E-state index >= 15 is 0 Å². The Balaban J connectivity index is 2.11. The molecule has 0 aliphatic carbocycles. The average Bonchev–Trinajstić information content (AvgIpc) is 2.85. The van der Waals surface area contributed by atoms with Gasteiger partial charge in [-0.15, -0.1) is 11.3 Å². The molecule has 0 aliphatic rings. The molecule has 5 nitrogen and oxygen atoms in total. The molecule has 0 aliphatic heterocycles. The fourth-order valence-corrected chi connectivity index (χ4v) is 2.52. The molecule has 0 fully saturated rings. The zero-order valence-corrected chi connectivity index (χ0v) is 10.0. The first-order chi connectivity index (χ1) is 8.24. The molecule has 3 aromatic rings. The highest BCUT2D eigenvalue weighted by Crippen LogP contribution is 2.19. The quantitative estimate of drug-likeness (QED) is 0.714. The van der Waals surface area contributed by atoms with E-state index in [0.717, 1.165) is 4.88 Å². The van der Waals surface area contributed by atoms with Crippen LogP contribution in [0.25, 0.3) is 11.2 Å².